The van der Waals surface area contributed by atoms with Crippen molar-refractivity contribution in [2.45, 2.75) is 38.1 Å². The zero-order chi connectivity index (χ0) is 18.1. The summed E-state index contributed by atoms with van der Waals surface area (Å²) in [6.07, 6.45) is 0. The van der Waals surface area contributed by atoms with E-state index < -0.39 is 15.8 Å². The maximum atomic E-state index is 12.1. The number of sulfone groups is 1. The molecule has 0 fully saturated rings. The Morgan fingerprint density at radius 3 is 2.58 bits per heavy atom. The van der Waals surface area contributed by atoms with Crippen molar-refractivity contribution in [2.75, 3.05) is 23.7 Å². The second-order valence-electron chi connectivity index (χ2n) is 6.66. The van der Waals surface area contributed by atoms with Crippen LogP contribution in [0.25, 0.3) is 0 Å². The van der Waals surface area contributed by atoms with Crippen LogP contribution in [-0.4, -0.2) is 44.7 Å². The zero-order valence-electron chi connectivity index (χ0n) is 14.3. The number of benzene rings is 1. The number of anilines is 1. The largest absolute Gasteiger partial charge is 0.423 e. The molecule has 1 aliphatic heterocycles. The molecule has 1 aliphatic rings. The summed E-state index contributed by atoms with van der Waals surface area (Å²) in [4.78, 5) is 25.6. The smallest absolute Gasteiger partial charge is 0.331 e. The molecular weight excluding hydrogens is 332 g/mol. The second-order valence-corrected chi connectivity index (χ2v) is 8.94. The van der Waals surface area contributed by atoms with Gasteiger partial charge in [-0.15, -0.1) is 0 Å². The molecule has 0 spiro atoms. The lowest BCUT2D eigenvalue weighted by Gasteiger charge is -2.30. The number of ether oxygens (including phenoxy) is 1. The zero-order valence-corrected chi connectivity index (χ0v) is 15.1. The Morgan fingerprint density at radius 2 is 2.00 bits per heavy atom. The normalized spacial score (nSPS) is 14.8. The van der Waals surface area contributed by atoms with Crippen LogP contribution in [0.5, 0.6) is 5.75 Å². The van der Waals surface area contributed by atoms with E-state index in [4.69, 9.17) is 4.74 Å². The fourth-order valence-electron chi connectivity index (χ4n) is 2.37. The fourth-order valence-corrected chi connectivity index (χ4v) is 3.26. The Hall–Kier alpha value is -2.09. The average Bonchev–Trinajstić information content (AvgIpc) is 2.44. The Balaban J connectivity index is 2.30. The van der Waals surface area contributed by atoms with Crippen LogP contribution in [0.15, 0.2) is 23.1 Å². The number of rotatable bonds is 4. The number of nitrogens with zero attached hydrogens (tertiary/aromatic N) is 1. The minimum Gasteiger partial charge on any atom is -0.423 e. The van der Waals surface area contributed by atoms with Gasteiger partial charge in [0.2, 0.25) is 5.91 Å². The van der Waals surface area contributed by atoms with Crippen LogP contribution in [0.1, 0.15) is 27.7 Å². The second kappa shape index (κ2) is 6.43. The third-order valence-corrected chi connectivity index (χ3v) is 5.14. The van der Waals surface area contributed by atoms with Crippen LogP contribution < -0.4 is 15.0 Å². The maximum absolute atomic E-state index is 12.1. The molecule has 0 saturated heterocycles. The summed E-state index contributed by atoms with van der Waals surface area (Å²) < 4.78 is 29.1. The lowest BCUT2D eigenvalue weighted by molar-refractivity contribution is -0.133. The number of amides is 1. The molecule has 0 unspecified atom stereocenters. The van der Waals surface area contributed by atoms with Crippen molar-refractivity contribution in [3.05, 3.63) is 18.2 Å². The molecule has 2 rings (SSSR count). The van der Waals surface area contributed by atoms with Gasteiger partial charge in [0.1, 0.15) is 6.54 Å². The van der Waals surface area contributed by atoms with Crippen molar-refractivity contribution in [3.8, 4) is 5.75 Å². The standard InChI is InChI=1S/C16H22N2O5S/c1-5-24(21,22)11-6-7-12-13(8-11)23-15(20)10-18(12)9-14(19)17-16(2,3)4/h6-8H,5,9-10H2,1-4H3,(H,17,19). The molecule has 24 heavy (non-hydrogen) atoms. The molecule has 1 N–H and O–H groups in total. The number of hydrogen-bond donors (Lipinski definition) is 1. The van der Waals surface area contributed by atoms with Crippen molar-refractivity contribution < 1.29 is 22.7 Å². The molecule has 7 nitrogen and oxygen atoms in total. The highest BCUT2D eigenvalue weighted by molar-refractivity contribution is 7.91. The van der Waals surface area contributed by atoms with Crippen LogP contribution >= 0.6 is 0 Å². The van der Waals surface area contributed by atoms with Gasteiger partial charge < -0.3 is 15.0 Å². The summed E-state index contributed by atoms with van der Waals surface area (Å²) >= 11 is 0. The quantitative estimate of drug-likeness (QED) is 0.643. The van der Waals surface area contributed by atoms with Crippen molar-refractivity contribution in [1.29, 1.82) is 0 Å². The average molecular weight is 354 g/mol. The third-order valence-electron chi connectivity index (χ3n) is 3.40. The summed E-state index contributed by atoms with van der Waals surface area (Å²) in [5, 5.41) is 2.83. The minimum absolute atomic E-state index is 0.0146. The molecule has 0 bridgehead atoms. The van der Waals surface area contributed by atoms with Crippen LogP contribution in [0.4, 0.5) is 5.69 Å². The third kappa shape index (κ3) is 4.25. The van der Waals surface area contributed by atoms with Gasteiger partial charge in [0, 0.05) is 11.6 Å². The van der Waals surface area contributed by atoms with E-state index in [9.17, 15) is 18.0 Å². The number of carbonyl (C=O) groups excluding carboxylic acids is 2. The van der Waals surface area contributed by atoms with Crippen molar-refractivity contribution in [1.82, 2.24) is 5.32 Å². The van der Waals surface area contributed by atoms with Crippen LogP contribution in [0.3, 0.4) is 0 Å². The van der Waals surface area contributed by atoms with Gasteiger partial charge in [0.25, 0.3) is 0 Å². The van der Waals surface area contributed by atoms with Crippen LogP contribution in [0.2, 0.25) is 0 Å². The van der Waals surface area contributed by atoms with Crippen LogP contribution in [-0.2, 0) is 19.4 Å². The first kappa shape index (κ1) is 18.3. The van der Waals surface area contributed by atoms with Crippen molar-refractivity contribution >= 4 is 27.4 Å². The number of esters is 1. The predicted octanol–water partition coefficient (Wildman–Crippen LogP) is 1.12. The summed E-state index contributed by atoms with van der Waals surface area (Å²) in [5.74, 6) is -0.646. The number of hydrogen-bond acceptors (Lipinski definition) is 6. The summed E-state index contributed by atoms with van der Waals surface area (Å²) in [5.41, 5.74) is 0.142. The Bertz CT molecular complexity index is 765. The lowest BCUT2D eigenvalue weighted by Crippen LogP contribution is -2.48. The van der Waals surface area contributed by atoms with Gasteiger partial charge >= 0.3 is 5.97 Å². The molecule has 1 aromatic rings. The first-order valence-electron chi connectivity index (χ1n) is 7.65. The van der Waals surface area contributed by atoms with Gasteiger partial charge in [-0.25, -0.2) is 13.2 Å². The highest BCUT2D eigenvalue weighted by Gasteiger charge is 2.28. The minimum atomic E-state index is -3.40. The topological polar surface area (TPSA) is 92.8 Å². The van der Waals surface area contributed by atoms with E-state index >= 15 is 0 Å². The van der Waals surface area contributed by atoms with Gasteiger partial charge in [-0.1, -0.05) is 6.92 Å². The lowest BCUT2D eigenvalue weighted by atomic mass is 10.1. The Labute approximate surface area is 141 Å². The monoisotopic (exact) mass is 354 g/mol. The summed E-state index contributed by atoms with van der Waals surface area (Å²) in [6.45, 7) is 7.06. The first-order valence-corrected chi connectivity index (χ1v) is 9.30. The van der Waals surface area contributed by atoms with E-state index in [0.29, 0.717) is 5.69 Å². The summed E-state index contributed by atoms with van der Waals surface area (Å²) in [6, 6.07) is 4.36. The van der Waals surface area contributed by atoms with E-state index in [1.807, 2.05) is 20.8 Å². The van der Waals surface area contributed by atoms with E-state index in [0.717, 1.165) is 0 Å². The van der Waals surface area contributed by atoms with E-state index in [1.54, 1.807) is 17.9 Å². The van der Waals surface area contributed by atoms with Crippen molar-refractivity contribution in [3.63, 3.8) is 0 Å². The number of nitrogens with one attached hydrogen (secondary N) is 1. The molecule has 1 amide bonds. The van der Waals surface area contributed by atoms with Crippen molar-refractivity contribution in [2.24, 2.45) is 0 Å². The molecule has 0 aliphatic carbocycles. The molecular formula is C16H22N2O5S. The van der Waals surface area contributed by atoms with Gasteiger partial charge in [0.15, 0.2) is 15.6 Å². The molecule has 0 saturated carbocycles. The molecule has 0 atom stereocenters. The fraction of sp³-hybridized carbons (Fsp3) is 0.500. The van der Waals surface area contributed by atoms with Gasteiger partial charge in [-0.05, 0) is 32.9 Å². The Kier molecular flexibility index (Phi) is 4.89. The number of fused-ring (bicyclic) bond motifs is 1. The molecule has 132 valence electrons. The van der Waals surface area contributed by atoms with E-state index in [-0.39, 0.29) is 40.9 Å². The molecule has 0 aromatic heterocycles. The van der Waals surface area contributed by atoms with Crippen LogP contribution in [0, 0.1) is 0 Å². The van der Waals surface area contributed by atoms with E-state index in [1.165, 1.54) is 12.1 Å². The predicted molar refractivity (Wildman–Crippen MR) is 89.9 cm³/mol. The van der Waals surface area contributed by atoms with E-state index in [2.05, 4.69) is 5.32 Å². The SMILES string of the molecule is CCS(=O)(=O)c1ccc2c(c1)OC(=O)CN2CC(=O)NC(C)(C)C. The molecule has 1 aromatic carbocycles. The Morgan fingerprint density at radius 1 is 1.33 bits per heavy atom. The van der Waals surface area contributed by atoms with Gasteiger partial charge in [-0.2, -0.15) is 0 Å². The summed E-state index contributed by atoms with van der Waals surface area (Å²) in [7, 11) is -3.40. The number of carbonyl (C=O) groups is 2. The molecule has 1 heterocycles. The molecule has 8 heteroatoms. The highest BCUT2D eigenvalue weighted by Crippen LogP contribution is 2.34. The van der Waals surface area contributed by atoms with Gasteiger partial charge in [-0.3, -0.25) is 4.79 Å². The van der Waals surface area contributed by atoms with Gasteiger partial charge in [0.05, 0.1) is 22.9 Å². The highest BCUT2D eigenvalue weighted by atomic mass is 32.2. The maximum Gasteiger partial charge on any atom is 0.331 e. The first-order chi connectivity index (χ1) is 11.0. The molecule has 0 radical (unpaired) electrons.